The van der Waals surface area contributed by atoms with Gasteiger partial charge in [0.05, 0.1) is 12.2 Å². The molecule has 0 unspecified atom stereocenters. The normalized spacial score (nSPS) is 14.3. The fourth-order valence-corrected chi connectivity index (χ4v) is 5.69. The van der Waals surface area contributed by atoms with Crippen LogP contribution in [0.25, 0.3) is 5.69 Å². The van der Waals surface area contributed by atoms with Gasteiger partial charge in [-0.2, -0.15) is 0 Å². The first-order chi connectivity index (χ1) is 12.5. The number of nitrogens with zero attached hydrogens (tertiary/aromatic N) is 2. The molecule has 0 fully saturated rings. The van der Waals surface area contributed by atoms with Crippen molar-refractivity contribution in [1.29, 1.82) is 0 Å². The van der Waals surface area contributed by atoms with Crippen LogP contribution < -0.4 is 4.72 Å². The molecule has 0 radical (unpaired) electrons. The number of hydrogen-bond acceptors (Lipinski definition) is 4. The molecule has 0 saturated heterocycles. The second-order valence-electron chi connectivity index (χ2n) is 6.49. The molecule has 0 amide bonds. The number of aromatic nitrogens is 2. The molecule has 0 saturated carbocycles. The zero-order valence-electron chi connectivity index (χ0n) is 14.6. The molecule has 2 aromatic heterocycles. The Hall–Kier alpha value is -1.96. The number of aryl methyl sites for hydroxylation is 2. The molecule has 1 aliphatic rings. The Kier molecular flexibility index (Phi) is 4.69. The van der Waals surface area contributed by atoms with Crippen LogP contribution in [0.1, 0.15) is 34.9 Å². The van der Waals surface area contributed by atoms with Crippen LogP contribution in [0.15, 0.2) is 46.7 Å². The minimum absolute atomic E-state index is 0.182. The van der Waals surface area contributed by atoms with Gasteiger partial charge in [-0.05, 0) is 56.9 Å². The topological polar surface area (TPSA) is 64.0 Å². The van der Waals surface area contributed by atoms with Gasteiger partial charge < -0.3 is 0 Å². The third-order valence-electron chi connectivity index (χ3n) is 4.62. The molecule has 0 atom stereocenters. The van der Waals surface area contributed by atoms with E-state index < -0.39 is 10.0 Å². The van der Waals surface area contributed by atoms with Crippen molar-refractivity contribution in [2.75, 3.05) is 0 Å². The molecule has 1 aliphatic carbocycles. The molecule has 3 aromatic rings. The smallest absolute Gasteiger partial charge is 0.250 e. The number of nitrogens with one attached hydrogen (secondary N) is 1. The molecule has 2 heterocycles. The molecule has 1 N–H and O–H groups in total. The highest BCUT2D eigenvalue weighted by Crippen LogP contribution is 2.26. The molecule has 136 valence electrons. The molecule has 0 bridgehead atoms. The zero-order valence-corrected chi connectivity index (χ0v) is 16.2. The molecule has 1 aromatic carbocycles. The van der Waals surface area contributed by atoms with Gasteiger partial charge in [-0.25, -0.2) is 18.1 Å². The average molecular weight is 388 g/mol. The predicted octanol–water partition coefficient (Wildman–Crippen LogP) is 3.60. The number of hydrogen-bond donors (Lipinski definition) is 1. The summed E-state index contributed by atoms with van der Waals surface area (Å²) >= 11 is 1.28. The lowest BCUT2D eigenvalue weighted by atomic mass is 10.0. The number of sulfonamides is 1. The van der Waals surface area contributed by atoms with Crippen LogP contribution in [0, 0.1) is 6.92 Å². The van der Waals surface area contributed by atoms with Gasteiger partial charge in [-0.1, -0.05) is 18.2 Å². The Labute approximate surface area is 157 Å². The van der Waals surface area contributed by atoms with E-state index in [9.17, 15) is 8.42 Å². The number of fused-ring (bicyclic) bond motifs is 1. The van der Waals surface area contributed by atoms with Gasteiger partial charge in [0.2, 0.25) is 10.0 Å². The van der Waals surface area contributed by atoms with Crippen molar-refractivity contribution in [3.05, 3.63) is 64.6 Å². The minimum atomic E-state index is -3.52. The van der Waals surface area contributed by atoms with E-state index in [0.29, 0.717) is 4.21 Å². The van der Waals surface area contributed by atoms with Gasteiger partial charge in [-0.15, -0.1) is 11.3 Å². The SMILES string of the molecule is Cc1ccc(S(=O)(=O)NCc2nc3c(n2-c2ccccc2)CCCC3)s1. The van der Waals surface area contributed by atoms with E-state index in [1.807, 2.05) is 43.3 Å². The van der Waals surface area contributed by atoms with Gasteiger partial charge in [0.15, 0.2) is 0 Å². The van der Waals surface area contributed by atoms with Crippen molar-refractivity contribution in [2.24, 2.45) is 0 Å². The summed E-state index contributed by atoms with van der Waals surface area (Å²) in [5.41, 5.74) is 3.34. The first-order valence-corrected chi connectivity index (χ1v) is 11.1. The lowest BCUT2D eigenvalue weighted by Crippen LogP contribution is -2.24. The van der Waals surface area contributed by atoms with Crippen LogP contribution in [0.5, 0.6) is 0 Å². The molecule has 5 nitrogen and oxygen atoms in total. The van der Waals surface area contributed by atoms with Crippen LogP contribution in [-0.2, 0) is 29.4 Å². The van der Waals surface area contributed by atoms with Crippen molar-refractivity contribution in [3.8, 4) is 5.69 Å². The summed E-state index contributed by atoms with van der Waals surface area (Å²) < 4.78 is 30.3. The maximum absolute atomic E-state index is 12.6. The molecule has 4 rings (SSSR count). The number of rotatable bonds is 5. The Bertz CT molecular complexity index is 1020. The van der Waals surface area contributed by atoms with Crippen LogP contribution in [0.3, 0.4) is 0 Å². The highest BCUT2D eigenvalue weighted by atomic mass is 32.2. The fourth-order valence-electron chi connectivity index (χ4n) is 3.38. The first kappa shape index (κ1) is 17.5. The van der Waals surface area contributed by atoms with Crippen LogP contribution in [0.4, 0.5) is 0 Å². The van der Waals surface area contributed by atoms with E-state index >= 15 is 0 Å². The highest BCUT2D eigenvalue weighted by molar-refractivity contribution is 7.91. The Balaban J connectivity index is 1.67. The standard InChI is InChI=1S/C19H21N3O2S2/c1-14-11-12-19(25-14)26(23,24)20-13-18-21-16-9-5-6-10-17(16)22(18)15-7-3-2-4-8-15/h2-4,7-8,11-12,20H,5-6,9-10,13H2,1H3. The van der Waals surface area contributed by atoms with Gasteiger partial charge in [-0.3, -0.25) is 4.57 Å². The zero-order chi connectivity index (χ0) is 18.1. The average Bonchev–Trinajstić information content (AvgIpc) is 3.24. The van der Waals surface area contributed by atoms with E-state index in [0.717, 1.165) is 47.8 Å². The number of benzene rings is 1. The van der Waals surface area contributed by atoms with Gasteiger partial charge in [0.1, 0.15) is 10.0 Å². The van der Waals surface area contributed by atoms with Crippen molar-refractivity contribution in [1.82, 2.24) is 14.3 Å². The van der Waals surface area contributed by atoms with Crippen LogP contribution >= 0.6 is 11.3 Å². The summed E-state index contributed by atoms with van der Waals surface area (Å²) in [6, 6.07) is 13.5. The van der Waals surface area contributed by atoms with E-state index in [1.54, 1.807) is 6.07 Å². The maximum Gasteiger partial charge on any atom is 0.250 e. The predicted molar refractivity (Wildman–Crippen MR) is 103 cm³/mol. The largest absolute Gasteiger partial charge is 0.299 e. The Morgan fingerprint density at radius 3 is 2.62 bits per heavy atom. The summed E-state index contributed by atoms with van der Waals surface area (Å²) in [5, 5.41) is 0. The maximum atomic E-state index is 12.6. The van der Waals surface area contributed by atoms with E-state index in [-0.39, 0.29) is 6.54 Å². The highest BCUT2D eigenvalue weighted by Gasteiger charge is 2.23. The summed E-state index contributed by atoms with van der Waals surface area (Å²) in [6.45, 7) is 2.08. The first-order valence-electron chi connectivity index (χ1n) is 8.75. The number of imidazole rings is 1. The summed E-state index contributed by atoms with van der Waals surface area (Å²) in [4.78, 5) is 5.75. The number of thiophene rings is 1. The van der Waals surface area contributed by atoms with Crippen molar-refractivity contribution < 1.29 is 8.42 Å². The van der Waals surface area contributed by atoms with Crippen molar-refractivity contribution in [3.63, 3.8) is 0 Å². The molecule has 0 aliphatic heterocycles. The molecular formula is C19H21N3O2S2. The Morgan fingerprint density at radius 2 is 1.88 bits per heavy atom. The fraction of sp³-hybridized carbons (Fsp3) is 0.316. The van der Waals surface area contributed by atoms with E-state index in [4.69, 9.17) is 4.98 Å². The minimum Gasteiger partial charge on any atom is -0.299 e. The second kappa shape index (κ2) is 6.98. The molecular weight excluding hydrogens is 366 g/mol. The van der Waals surface area contributed by atoms with Crippen LogP contribution in [0.2, 0.25) is 0 Å². The van der Waals surface area contributed by atoms with Crippen molar-refractivity contribution in [2.45, 2.75) is 43.4 Å². The summed E-state index contributed by atoms with van der Waals surface area (Å²) in [6.07, 6.45) is 4.22. The lowest BCUT2D eigenvalue weighted by Gasteiger charge is -2.15. The third-order valence-corrected chi connectivity index (χ3v) is 7.51. The summed E-state index contributed by atoms with van der Waals surface area (Å²) in [7, 11) is -3.52. The third kappa shape index (κ3) is 3.34. The lowest BCUT2D eigenvalue weighted by molar-refractivity contribution is 0.580. The molecule has 26 heavy (non-hydrogen) atoms. The number of para-hydroxylation sites is 1. The molecule has 7 heteroatoms. The summed E-state index contributed by atoms with van der Waals surface area (Å²) in [5.74, 6) is 0.750. The quantitative estimate of drug-likeness (QED) is 0.727. The van der Waals surface area contributed by atoms with Gasteiger partial charge >= 0.3 is 0 Å². The van der Waals surface area contributed by atoms with E-state index in [2.05, 4.69) is 9.29 Å². The Morgan fingerprint density at radius 1 is 1.12 bits per heavy atom. The second-order valence-corrected chi connectivity index (χ2v) is 9.77. The van der Waals surface area contributed by atoms with Gasteiger partial charge in [0, 0.05) is 16.3 Å². The van der Waals surface area contributed by atoms with Gasteiger partial charge in [0.25, 0.3) is 0 Å². The van der Waals surface area contributed by atoms with Crippen molar-refractivity contribution >= 4 is 21.4 Å². The monoisotopic (exact) mass is 387 g/mol. The molecule has 0 spiro atoms. The van der Waals surface area contributed by atoms with E-state index in [1.165, 1.54) is 17.0 Å². The van der Waals surface area contributed by atoms with Crippen LogP contribution in [-0.4, -0.2) is 18.0 Å².